The summed E-state index contributed by atoms with van der Waals surface area (Å²) >= 11 is 0. The zero-order valence-corrected chi connectivity index (χ0v) is 9.04. The number of rotatable bonds is 4. The van der Waals surface area contributed by atoms with E-state index < -0.39 is 5.91 Å². The maximum absolute atomic E-state index is 11.1. The Kier molecular flexibility index (Phi) is 3.30. The van der Waals surface area contributed by atoms with Crippen LogP contribution in [0.1, 0.15) is 15.9 Å². The van der Waals surface area contributed by atoms with Gasteiger partial charge in [-0.05, 0) is 23.8 Å². The first-order chi connectivity index (χ1) is 8.27. The molecule has 0 fully saturated rings. The van der Waals surface area contributed by atoms with E-state index in [2.05, 4.69) is 9.97 Å². The third-order valence-electron chi connectivity index (χ3n) is 2.19. The topological polar surface area (TPSA) is 78.1 Å². The zero-order chi connectivity index (χ0) is 12.1. The summed E-state index contributed by atoms with van der Waals surface area (Å²) in [4.78, 5) is 18.9. The molecule has 0 aliphatic rings. The number of hydrogen-bond donors (Lipinski definition) is 1. The lowest BCUT2D eigenvalue weighted by molar-refractivity contribution is 0.0995. The number of carbonyl (C=O) groups excluding carboxylic acids is 1. The SMILES string of the molecule is NC(=O)c1cnccc1OCc1ccncc1. The van der Waals surface area contributed by atoms with Gasteiger partial charge < -0.3 is 10.5 Å². The van der Waals surface area contributed by atoms with E-state index in [1.54, 1.807) is 24.7 Å². The number of primary amides is 1. The van der Waals surface area contributed by atoms with E-state index in [0.717, 1.165) is 5.56 Å². The number of pyridine rings is 2. The fraction of sp³-hybridized carbons (Fsp3) is 0.0833. The van der Waals surface area contributed by atoms with E-state index in [9.17, 15) is 4.79 Å². The molecular formula is C12H11N3O2. The van der Waals surface area contributed by atoms with Gasteiger partial charge in [-0.25, -0.2) is 0 Å². The molecule has 0 atom stereocenters. The minimum absolute atomic E-state index is 0.279. The van der Waals surface area contributed by atoms with E-state index in [-0.39, 0.29) is 5.56 Å². The van der Waals surface area contributed by atoms with Gasteiger partial charge in [0.05, 0.1) is 5.56 Å². The van der Waals surface area contributed by atoms with Crippen molar-refractivity contribution in [3.63, 3.8) is 0 Å². The summed E-state index contributed by atoms with van der Waals surface area (Å²) < 4.78 is 5.52. The molecule has 0 aliphatic heterocycles. The Bertz CT molecular complexity index is 514. The van der Waals surface area contributed by atoms with Crippen LogP contribution in [0.4, 0.5) is 0 Å². The molecular weight excluding hydrogens is 218 g/mol. The van der Waals surface area contributed by atoms with Gasteiger partial charge in [-0.1, -0.05) is 0 Å². The normalized spacial score (nSPS) is 9.88. The predicted molar refractivity (Wildman–Crippen MR) is 61.3 cm³/mol. The van der Waals surface area contributed by atoms with E-state index in [1.165, 1.54) is 6.20 Å². The first-order valence-electron chi connectivity index (χ1n) is 5.03. The van der Waals surface area contributed by atoms with Crippen LogP contribution in [0.2, 0.25) is 0 Å². The smallest absolute Gasteiger partial charge is 0.254 e. The lowest BCUT2D eigenvalue weighted by Crippen LogP contribution is -2.13. The third kappa shape index (κ3) is 2.78. The van der Waals surface area contributed by atoms with Gasteiger partial charge in [0, 0.05) is 24.8 Å². The highest BCUT2D eigenvalue weighted by Gasteiger charge is 2.08. The highest BCUT2D eigenvalue weighted by molar-refractivity contribution is 5.95. The van der Waals surface area contributed by atoms with Gasteiger partial charge in [0.2, 0.25) is 0 Å². The minimum atomic E-state index is -0.553. The molecule has 0 saturated carbocycles. The summed E-state index contributed by atoms with van der Waals surface area (Å²) in [6.45, 7) is 0.354. The molecule has 2 aromatic heterocycles. The number of hydrogen-bond acceptors (Lipinski definition) is 4. The highest BCUT2D eigenvalue weighted by atomic mass is 16.5. The Labute approximate surface area is 98.3 Å². The second-order valence-electron chi connectivity index (χ2n) is 3.38. The van der Waals surface area contributed by atoms with Crippen LogP contribution < -0.4 is 10.5 Å². The molecule has 0 spiro atoms. The Morgan fingerprint density at radius 3 is 2.59 bits per heavy atom. The summed E-state index contributed by atoms with van der Waals surface area (Å²) in [6, 6.07) is 5.29. The molecule has 0 aliphatic carbocycles. The van der Waals surface area contributed by atoms with Crippen molar-refractivity contribution in [3.05, 3.63) is 54.1 Å². The highest BCUT2D eigenvalue weighted by Crippen LogP contribution is 2.17. The van der Waals surface area contributed by atoms with Crippen molar-refractivity contribution in [2.75, 3.05) is 0 Å². The molecule has 2 rings (SSSR count). The van der Waals surface area contributed by atoms with Crippen LogP contribution in [0.3, 0.4) is 0 Å². The van der Waals surface area contributed by atoms with Crippen molar-refractivity contribution >= 4 is 5.91 Å². The first kappa shape index (κ1) is 11.1. The molecule has 1 amide bonds. The van der Waals surface area contributed by atoms with Crippen LogP contribution in [0.15, 0.2) is 43.0 Å². The van der Waals surface area contributed by atoms with Crippen molar-refractivity contribution in [1.29, 1.82) is 0 Å². The van der Waals surface area contributed by atoms with E-state index >= 15 is 0 Å². The van der Waals surface area contributed by atoms with Gasteiger partial charge in [0.25, 0.3) is 5.91 Å². The minimum Gasteiger partial charge on any atom is -0.488 e. The molecule has 17 heavy (non-hydrogen) atoms. The average Bonchev–Trinajstić information content (AvgIpc) is 2.38. The van der Waals surface area contributed by atoms with Crippen molar-refractivity contribution in [3.8, 4) is 5.75 Å². The van der Waals surface area contributed by atoms with Gasteiger partial charge in [-0.15, -0.1) is 0 Å². The lowest BCUT2D eigenvalue weighted by Gasteiger charge is -2.08. The fourth-order valence-electron chi connectivity index (χ4n) is 1.33. The summed E-state index contributed by atoms with van der Waals surface area (Å²) in [5, 5.41) is 0. The van der Waals surface area contributed by atoms with Crippen LogP contribution in [-0.4, -0.2) is 15.9 Å². The van der Waals surface area contributed by atoms with Crippen LogP contribution in [0, 0.1) is 0 Å². The standard InChI is InChI=1S/C12H11N3O2/c13-12(16)10-7-15-6-3-11(10)17-8-9-1-4-14-5-2-9/h1-7H,8H2,(H2,13,16). The largest absolute Gasteiger partial charge is 0.488 e. The van der Waals surface area contributed by atoms with Crippen molar-refractivity contribution in [2.45, 2.75) is 6.61 Å². The van der Waals surface area contributed by atoms with Crippen LogP contribution in [0.25, 0.3) is 0 Å². The Morgan fingerprint density at radius 2 is 1.88 bits per heavy atom. The molecule has 2 aromatic rings. The van der Waals surface area contributed by atoms with Gasteiger partial charge in [-0.3, -0.25) is 14.8 Å². The van der Waals surface area contributed by atoms with Gasteiger partial charge >= 0.3 is 0 Å². The van der Waals surface area contributed by atoms with E-state index in [4.69, 9.17) is 10.5 Å². The van der Waals surface area contributed by atoms with Crippen molar-refractivity contribution < 1.29 is 9.53 Å². The second-order valence-corrected chi connectivity index (χ2v) is 3.38. The number of carbonyl (C=O) groups is 1. The Morgan fingerprint density at radius 1 is 1.18 bits per heavy atom. The molecule has 2 N–H and O–H groups in total. The van der Waals surface area contributed by atoms with Crippen LogP contribution >= 0.6 is 0 Å². The Hall–Kier alpha value is -2.43. The number of ether oxygens (including phenoxy) is 1. The summed E-state index contributed by atoms with van der Waals surface area (Å²) in [5.74, 6) is -0.118. The van der Waals surface area contributed by atoms with Crippen LogP contribution in [-0.2, 0) is 6.61 Å². The summed E-state index contributed by atoms with van der Waals surface area (Å²) in [7, 11) is 0. The molecule has 86 valence electrons. The Balaban J connectivity index is 2.12. The zero-order valence-electron chi connectivity index (χ0n) is 9.04. The molecule has 0 bridgehead atoms. The predicted octanol–water partition coefficient (Wildman–Crippen LogP) is 1.15. The van der Waals surface area contributed by atoms with E-state index in [1.807, 2.05) is 12.1 Å². The molecule has 5 nitrogen and oxygen atoms in total. The van der Waals surface area contributed by atoms with Crippen molar-refractivity contribution in [1.82, 2.24) is 9.97 Å². The van der Waals surface area contributed by atoms with Gasteiger partial charge in [-0.2, -0.15) is 0 Å². The third-order valence-corrected chi connectivity index (χ3v) is 2.19. The molecule has 0 unspecified atom stereocenters. The fourth-order valence-corrected chi connectivity index (χ4v) is 1.33. The molecule has 0 aromatic carbocycles. The summed E-state index contributed by atoms with van der Waals surface area (Å²) in [5.41, 5.74) is 6.46. The number of amides is 1. The monoisotopic (exact) mass is 229 g/mol. The average molecular weight is 229 g/mol. The second kappa shape index (κ2) is 5.07. The van der Waals surface area contributed by atoms with Crippen LogP contribution in [0.5, 0.6) is 5.75 Å². The first-order valence-corrected chi connectivity index (χ1v) is 5.03. The summed E-state index contributed by atoms with van der Waals surface area (Å²) in [6.07, 6.45) is 6.30. The van der Waals surface area contributed by atoms with E-state index in [0.29, 0.717) is 12.4 Å². The van der Waals surface area contributed by atoms with Crippen molar-refractivity contribution in [2.24, 2.45) is 5.73 Å². The number of nitrogens with zero attached hydrogens (tertiary/aromatic N) is 2. The van der Waals surface area contributed by atoms with Gasteiger partial charge in [0.15, 0.2) is 0 Å². The van der Waals surface area contributed by atoms with Gasteiger partial charge in [0.1, 0.15) is 12.4 Å². The molecule has 0 radical (unpaired) electrons. The quantitative estimate of drug-likeness (QED) is 0.853. The molecule has 0 saturated heterocycles. The lowest BCUT2D eigenvalue weighted by atomic mass is 10.2. The number of aromatic nitrogens is 2. The molecule has 5 heteroatoms. The number of nitrogens with two attached hydrogens (primary N) is 1. The maximum atomic E-state index is 11.1. The molecule has 2 heterocycles. The maximum Gasteiger partial charge on any atom is 0.254 e.